The van der Waals surface area contributed by atoms with Crippen molar-refractivity contribution in [1.82, 2.24) is 10.2 Å². The molecule has 1 aliphatic rings. The van der Waals surface area contributed by atoms with Gasteiger partial charge in [0.2, 0.25) is 5.91 Å². The monoisotopic (exact) mass is 448 g/mol. The van der Waals surface area contributed by atoms with Crippen molar-refractivity contribution >= 4 is 29.2 Å². The quantitative estimate of drug-likeness (QED) is 0.537. The summed E-state index contributed by atoms with van der Waals surface area (Å²) in [5.74, 6) is 1.57. The first kappa shape index (κ1) is 22.1. The zero-order valence-corrected chi connectivity index (χ0v) is 19.3. The molecule has 2 aromatic carbocycles. The molecule has 32 heavy (non-hydrogen) atoms. The van der Waals surface area contributed by atoms with Crippen molar-refractivity contribution in [2.24, 2.45) is 5.92 Å². The number of hydrogen-bond acceptors (Lipinski definition) is 6. The predicted molar refractivity (Wildman–Crippen MR) is 129 cm³/mol. The van der Waals surface area contributed by atoms with Crippen LogP contribution in [-0.4, -0.2) is 35.8 Å². The normalized spacial score (nSPS) is 15.9. The van der Waals surface area contributed by atoms with Crippen molar-refractivity contribution in [2.45, 2.75) is 36.6 Å². The minimum Gasteiger partial charge on any atom is -0.494 e. The highest BCUT2D eigenvalue weighted by Crippen LogP contribution is 2.28. The molecule has 0 aliphatic carbocycles. The third kappa shape index (κ3) is 5.79. The van der Waals surface area contributed by atoms with Crippen LogP contribution in [0.4, 0.5) is 11.5 Å². The first-order valence-corrected chi connectivity index (χ1v) is 11.8. The second kappa shape index (κ2) is 10.5. The third-order valence-corrected chi connectivity index (χ3v) is 6.35. The van der Waals surface area contributed by atoms with Gasteiger partial charge in [-0.2, -0.15) is 0 Å². The molecule has 0 bridgehead atoms. The number of carbonyl (C=O) groups excluding carboxylic acids is 1. The van der Waals surface area contributed by atoms with Crippen LogP contribution in [-0.2, 0) is 4.79 Å². The van der Waals surface area contributed by atoms with Crippen LogP contribution < -0.4 is 15.0 Å². The first-order valence-electron chi connectivity index (χ1n) is 11.0. The molecule has 7 heteroatoms. The van der Waals surface area contributed by atoms with Gasteiger partial charge in [-0.25, -0.2) is 0 Å². The van der Waals surface area contributed by atoms with Gasteiger partial charge in [0.25, 0.3) is 0 Å². The molecule has 1 atom stereocenters. The number of hydrogen-bond donors (Lipinski definition) is 1. The fraction of sp³-hybridized carbons (Fsp3) is 0.320. The van der Waals surface area contributed by atoms with Gasteiger partial charge in [0.05, 0.1) is 12.5 Å². The molecule has 0 saturated carbocycles. The van der Waals surface area contributed by atoms with Crippen LogP contribution in [0.15, 0.2) is 70.6 Å². The first-order chi connectivity index (χ1) is 15.6. The van der Waals surface area contributed by atoms with Gasteiger partial charge in [-0.3, -0.25) is 4.79 Å². The zero-order chi connectivity index (χ0) is 22.3. The third-order valence-electron chi connectivity index (χ3n) is 5.42. The molecule has 1 saturated heterocycles. The van der Waals surface area contributed by atoms with Crippen molar-refractivity contribution in [1.29, 1.82) is 0 Å². The molecule has 3 aromatic rings. The highest BCUT2D eigenvalue weighted by atomic mass is 32.2. The number of piperidine rings is 1. The van der Waals surface area contributed by atoms with Gasteiger partial charge in [-0.05, 0) is 75.2 Å². The van der Waals surface area contributed by atoms with E-state index in [0.29, 0.717) is 13.2 Å². The van der Waals surface area contributed by atoms with E-state index >= 15 is 0 Å². The molecular weight excluding hydrogens is 420 g/mol. The van der Waals surface area contributed by atoms with E-state index in [1.165, 1.54) is 5.56 Å². The Labute approximate surface area is 193 Å². The highest BCUT2D eigenvalue weighted by molar-refractivity contribution is 7.99. The maximum absolute atomic E-state index is 12.8. The molecule has 0 spiro atoms. The van der Waals surface area contributed by atoms with Gasteiger partial charge in [-0.15, -0.1) is 10.2 Å². The largest absolute Gasteiger partial charge is 0.494 e. The number of amides is 1. The van der Waals surface area contributed by atoms with Crippen LogP contribution in [0, 0.1) is 12.8 Å². The molecule has 2 heterocycles. The summed E-state index contributed by atoms with van der Waals surface area (Å²) in [5.41, 5.74) is 2.02. The Kier molecular flexibility index (Phi) is 7.27. The fourth-order valence-corrected chi connectivity index (χ4v) is 4.44. The summed E-state index contributed by atoms with van der Waals surface area (Å²) in [6.07, 6.45) is 1.82. The van der Waals surface area contributed by atoms with E-state index in [-0.39, 0.29) is 11.8 Å². The molecule has 166 valence electrons. The van der Waals surface area contributed by atoms with Crippen molar-refractivity contribution in [3.63, 3.8) is 0 Å². The minimum absolute atomic E-state index is 0.0402. The summed E-state index contributed by atoms with van der Waals surface area (Å²) >= 11 is 1.60. The van der Waals surface area contributed by atoms with E-state index in [1.807, 2.05) is 43.3 Å². The lowest BCUT2D eigenvalue weighted by atomic mass is 9.97. The number of nitrogens with zero attached hydrogens (tertiary/aromatic N) is 3. The van der Waals surface area contributed by atoms with E-state index in [0.717, 1.165) is 46.6 Å². The van der Waals surface area contributed by atoms with Gasteiger partial charge in [0, 0.05) is 23.7 Å². The second-order valence-corrected chi connectivity index (χ2v) is 8.97. The number of nitrogens with one attached hydrogen (secondary N) is 1. The van der Waals surface area contributed by atoms with Crippen molar-refractivity contribution in [2.75, 3.05) is 29.9 Å². The Morgan fingerprint density at radius 3 is 2.56 bits per heavy atom. The van der Waals surface area contributed by atoms with Gasteiger partial charge in [-0.1, -0.05) is 29.5 Å². The summed E-state index contributed by atoms with van der Waals surface area (Å²) in [6.45, 7) is 6.17. The van der Waals surface area contributed by atoms with Crippen molar-refractivity contribution in [3.8, 4) is 5.75 Å². The maximum Gasteiger partial charge on any atom is 0.229 e. The van der Waals surface area contributed by atoms with E-state index in [2.05, 4.69) is 51.6 Å². The number of aromatic nitrogens is 2. The number of aryl methyl sites for hydroxylation is 1. The molecule has 6 nitrogen and oxygen atoms in total. The minimum atomic E-state index is -0.0845. The number of carbonyl (C=O) groups is 1. The second-order valence-electron chi connectivity index (χ2n) is 7.88. The van der Waals surface area contributed by atoms with Crippen molar-refractivity contribution < 1.29 is 9.53 Å². The number of ether oxygens (including phenoxy) is 1. The topological polar surface area (TPSA) is 67.3 Å². The Morgan fingerprint density at radius 2 is 1.88 bits per heavy atom. The Bertz CT molecular complexity index is 1020. The molecule has 0 unspecified atom stereocenters. The molecule has 1 N–H and O–H groups in total. The molecule has 1 amide bonds. The van der Waals surface area contributed by atoms with Gasteiger partial charge < -0.3 is 15.0 Å². The summed E-state index contributed by atoms with van der Waals surface area (Å²) in [5, 5.41) is 12.7. The smallest absolute Gasteiger partial charge is 0.229 e. The van der Waals surface area contributed by atoms with Gasteiger partial charge in [0.15, 0.2) is 5.82 Å². The van der Waals surface area contributed by atoms with Crippen LogP contribution in [0.2, 0.25) is 0 Å². The SMILES string of the molecule is CCOc1ccc(NC(=O)[C@H]2CCCN(c3ccc(Sc4ccc(C)cc4)nn3)C2)cc1. The average Bonchev–Trinajstić information content (AvgIpc) is 2.82. The Hall–Kier alpha value is -3.06. The van der Waals surface area contributed by atoms with Gasteiger partial charge >= 0.3 is 0 Å². The van der Waals surface area contributed by atoms with Crippen LogP contribution in [0.3, 0.4) is 0 Å². The summed E-state index contributed by atoms with van der Waals surface area (Å²) < 4.78 is 5.46. The summed E-state index contributed by atoms with van der Waals surface area (Å²) in [4.78, 5) is 16.1. The van der Waals surface area contributed by atoms with E-state index in [9.17, 15) is 4.79 Å². The van der Waals surface area contributed by atoms with E-state index in [4.69, 9.17) is 4.74 Å². The Morgan fingerprint density at radius 1 is 1.09 bits per heavy atom. The molecule has 0 radical (unpaired) electrons. The van der Waals surface area contributed by atoms with Crippen LogP contribution in [0.5, 0.6) is 5.75 Å². The number of rotatable bonds is 7. The number of anilines is 2. The lowest BCUT2D eigenvalue weighted by molar-refractivity contribution is -0.120. The predicted octanol–water partition coefficient (Wildman–Crippen LogP) is 5.19. The molecule has 4 rings (SSSR count). The summed E-state index contributed by atoms with van der Waals surface area (Å²) in [7, 11) is 0. The van der Waals surface area contributed by atoms with Gasteiger partial charge in [0.1, 0.15) is 10.8 Å². The highest BCUT2D eigenvalue weighted by Gasteiger charge is 2.27. The Balaban J connectivity index is 1.34. The number of benzene rings is 2. The van der Waals surface area contributed by atoms with Crippen LogP contribution in [0.1, 0.15) is 25.3 Å². The molecule has 1 aliphatic heterocycles. The van der Waals surface area contributed by atoms with E-state index in [1.54, 1.807) is 11.8 Å². The van der Waals surface area contributed by atoms with Crippen LogP contribution >= 0.6 is 11.8 Å². The molecular formula is C25H28N4O2S. The average molecular weight is 449 g/mol. The summed E-state index contributed by atoms with van der Waals surface area (Å²) in [6, 6.07) is 19.9. The lowest BCUT2D eigenvalue weighted by Gasteiger charge is -2.32. The van der Waals surface area contributed by atoms with Crippen LogP contribution in [0.25, 0.3) is 0 Å². The van der Waals surface area contributed by atoms with Crippen molar-refractivity contribution in [3.05, 3.63) is 66.2 Å². The molecule has 1 aromatic heterocycles. The fourth-order valence-electron chi connectivity index (χ4n) is 3.71. The lowest BCUT2D eigenvalue weighted by Crippen LogP contribution is -2.41. The van der Waals surface area contributed by atoms with E-state index < -0.39 is 0 Å². The molecule has 1 fully saturated rings. The standard InChI is InChI=1S/C25H28N4O2S/c1-3-31-21-10-8-20(9-11-21)26-25(30)19-5-4-16-29(17-19)23-14-15-24(28-27-23)32-22-12-6-18(2)7-13-22/h6-15,19H,3-5,16-17H2,1-2H3,(H,26,30)/t19-/m0/s1. The zero-order valence-electron chi connectivity index (χ0n) is 18.5. The maximum atomic E-state index is 12.8.